The summed E-state index contributed by atoms with van der Waals surface area (Å²) in [5.41, 5.74) is 1.96. The number of aromatic nitrogens is 2. The van der Waals surface area contributed by atoms with Crippen LogP contribution < -0.4 is 0 Å². The first kappa shape index (κ1) is 13.1. The smallest absolute Gasteiger partial charge is 0.147 e. The third-order valence-corrected chi connectivity index (χ3v) is 4.85. The van der Waals surface area contributed by atoms with Gasteiger partial charge in [-0.05, 0) is 28.8 Å². The lowest BCUT2D eigenvalue weighted by atomic mass is 10.1. The molecular formula is C15H14BrClN2. The van der Waals surface area contributed by atoms with Crippen molar-refractivity contribution in [3.63, 3.8) is 0 Å². The molecule has 0 radical (unpaired) electrons. The van der Waals surface area contributed by atoms with Gasteiger partial charge in [-0.3, -0.25) is 0 Å². The predicted molar refractivity (Wildman–Crippen MR) is 81.4 cm³/mol. The molecule has 0 unspecified atom stereocenters. The molecule has 0 N–H and O–H groups in total. The summed E-state index contributed by atoms with van der Waals surface area (Å²) in [5.74, 6) is 1.36. The Kier molecular flexibility index (Phi) is 3.85. The van der Waals surface area contributed by atoms with Crippen LogP contribution in [0.4, 0.5) is 0 Å². The maximum Gasteiger partial charge on any atom is 0.147 e. The third-order valence-electron chi connectivity index (χ3n) is 3.60. The monoisotopic (exact) mass is 336 g/mol. The van der Waals surface area contributed by atoms with Crippen LogP contribution >= 0.6 is 27.5 Å². The van der Waals surface area contributed by atoms with Gasteiger partial charge in [0.05, 0.1) is 10.2 Å². The van der Waals surface area contributed by atoms with Crippen LogP contribution in [-0.4, -0.2) is 9.97 Å². The predicted octanol–water partition coefficient (Wildman–Crippen LogP) is 5.22. The molecule has 19 heavy (non-hydrogen) atoms. The minimum atomic E-state index is 0.466. The molecule has 1 aromatic heterocycles. The van der Waals surface area contributed by atoms with Gasteiger partial charge in [0.1, 0.15) is 11.0 Å². The summed E-state index contributed by atoms with van der Waals surface area (Å²) in [7, 11) is 0. The quantitative estimate of drug-likeness (QED) is 0.702. The van der Waals surface area contributed by atoms with Crippen molar-refractivity contribution < 1.29 is 0 Å². The molecule has 3 rings (SSSR count). The van der Waals surface area contributed by atoms with E-state index in [0.29, 0.717) is 11.1 Å². The van der Waals surface area contributed by atoms with Crippen molar-refractivity contribution in [2.75, 3.05) is 0 Å². The van der Waals surface area contributed by atoms with E-state index in [9.17, 15) is 0 Å². The number of halogens is 2. The molecule has 4 heteroatoms. The topological polar surface area (TPSA) is 25.8 Å². The molecule has 0 bridgehead atoms. The van der Waals surface area contributed by atoms with Gasteiger partial charge in [0.2, 0.25) is 0 Å². The molecule has 98 valence electrons. The number of benzene rings is 1. The zero-order chi connectivity index (χ0) is 13.2. The van der Waals surface area contributed by atoms with Crippen LogP contribution in [0.2, 0.25) is 5.15 Å². The van der Waals surface area contributed by atoms with E-state index in [0.717, 1.165) is 21.6 Å². The molecule has 1 aliphatic rings. The molecule has 1 fully saturated rings. The summed E-state index contributed by atoms with van der Waals surface area (Å²) in [6.07, 6.45) is 4.88. The molecule has 1 saturated carbocycles. The van der Waals surface area contributed by atoms with Crippen molar-refractivity contribution in [3.8, 4) is 11.3 Å². The van der Waals surface area contributed by atoms with Gasteiger partial charge in [-0.1, -0.05) is 54.8 Å². The van der Waals surface area contributed by atoms with E-state index in [1.54, 1.807) is 0 Å². The molecule has 2 aromatic rings. The van der Waals surface area contributed by atoms with Crippen molar-refractivity contribution >= 4 is 27.5 Å². The Morgan fingerprint density at radius 2 is 1.74 bits per heavy atom. The molecule has 0 atom stereocenters. The molecule has 1 heterocycles. The number of nitrogens with zero attached hydrogens (tertiary/aromatic N) is 2. The Hall–Kier alpha value is -0.930. The highest BCUT2D eigenvalue weighted by atomic mass is 79.9. The lowest BCUT2D eigenvalue weighted by molar-refractivity contribution is 0.668. The fourth-order valence-corrected chi connectivity index (χ4v) is 3.17. The highest BCUT2D eigenvalue weighted by Gasteiger charge is 2.22. The van der Waals surface area contributed by atoms with Crippen LogP contribution in [-0.2, 0) is 0 Å². The largest absolute Gasteiger partial charge is 0.231 e. The zero-order valence-corrected chi connectivity index (χ0v) is 12.8. The Morgan fingerprint density at radius 1 is 1.05 bits per heavy atom. The average Bonchev–Trinajstić information content (AvgIpc) is 2.97. The summed E-state index contributed by atoms with van der Waals surface area (Å²) < 4.78 is 0.780. The second-order valence-corrected chi connectivity index (χ2v) is 6.03. The number of rotatable bonds is 2. The molecular weight excluding hydrogens is 324 g/mol. The van der Waals surface area contributed by atoms with Gasteiger partial charge in [0, 0.05) is 11.5 Å². The Bertz CT molecular complexity index is 580. The Balaban J connectivity index is 2.08. The third kappa shape index (κ3) is 2.67. The summed E-state index contributed by atoms with van der Waals surface area (Å²) >= 11 is 9.75. The molecule has 0 spiro atoms. The van der Waals surface area contributed by atoms with E-state index in [4.69, 9.17) is 16.6 Å². The average molecular weight is 338 g/mol. The molecule has 0 aliphatic heterocycles. The lowest BCUT2D eigenvalue weighted by Gasteiger charge is -2.12. The van der Waals surface area contributed by atoms with Crippen LogP contribution in [0.1, 0.15) is 37.4 Å². The van der Waals surface area contributed by atoms with Gasteiger partial charge in [-0.25, -0.2) is 9.97 Å². The Labute approximate surface area is 126 Å². The minimum absolute atomic E-state index is 0.466. The van der Waals surface area contributed by atoms with Crippen molar-refractivity contribution in [1.29, 1.82) is 0 Å². The van der Waals surface area contributed by atoms with E-state index >= 15 is 0 Å². The normalized spacial score (nSPS) is 15.9. The summed E-state index contributed by atoms with van der Waals surface area (Å²) in [6, 6.07) is 10.1. The van der Waals surface area contributed by atoms with Gasteiger partial charge >= 0.3 is 0 Å². The van der Waals surface area contributed by atoms with Crippen molar-refractivity contribution in [2.45, 2.75) is 31.6 Å². The summed E-state index contributed by atoms with van der Waals surface area (Å²) in [5, 5.41) is 0.510. The van der Waals surface area contributed by atoms with Gasteiger partial charge in [0.25, 0.3) is 0 Å². The molecule has 1 aliphatic carbocycles. The van der Waals surface area contributed by atoms with E-state index in [-0.39, 0.29) is 0 Å². The molecule has 0 saturated heterocycles. The highest BCUT2D eigenvalue weighted by Crippen LogP contribution is 2.37. The van der Waals surface area contributed by atoms with Crippen LogP contribution in [0.5, 0.6) is 0 Å². The first-order valence-electron chi connectivity index (χ1n) is 6.54. The second kappa shape index (κ2) is 5.59. The lowest BCUT2D eigenvalue weighted by Crippen LogP contribution is -2.03. The highest BCUT2D eigenvalue weighted by molar-refractivity contribution is 9.10. The molecule has 2 nitrogen and oxygen atoms in total. The fraction of sp³-hybridized carbons (Fsp3) is 0.333. The summed E-state index contributed by atoms with van der Waals surface area (Å²) in [6.45, 7) is 0. The second-order valence-electron chi connectivity index (χ2n) is 4.88. The first-order chi connectivity index (χ1) is 9.25. The van der Waals surface area contributed by atoms with Crippen molar-refractivity contribution in [2.24, 2.45) is 0 Å². The maximum atomic E-state index is 6.25. The summed E-state index contributed by atoms with van der Waals surface area (Å²) in [4.78, 5) is 9.19. The van der Waals surface area contributed by atoms with Gasteiger partial charge in [-0.15, -0.1) is 0 Å². The van der Waals surface area contributed by atoms with Crippen LogP contribution in [0.3, 0.4) is 0 Å². The SMILES string of the molecule is Clc1nc(C2CCCC2)nc(-c2ccccc2)c1Br. The van der Waals surface area contributed by atoms with Crippen molar-refractivity contribution in [1.82, 2.24) is 9.97 Å². The van der Waals surface area contributed by atoms with E-state index in [2.05, 4.69) is 20.9 Å². The standard InChI is InChI=1S/C15H14BrClN2/c16-12-13(10-6-2-1-3-7-10)18-15(19-14(12)17)11-8-4-5-9-11/h1-3,6-7,11H,4-5,8-9H2. The van der Waals surface area contributed by atoms with E-state index in [1.807, 2.05) is 30.3 Å². The van der Waals surface area contributed by atoms with Gasteiger partial charge in [-0.2, -0.15) is 0 Å². The fourth-order valence-electron chi connectivity index (χ4n) is 2.59. The van der Waals surface area contributed by atoms with E-state index < -0.39 is 0 Å². The molecule has 0 amide bonds. The number of hydrogen-bond acceptors (Lipinski definition) is 2. The zero-order valence-electron chi connectivity index (χ0n) is 10.4. The Morgan fingerprint density at radius 3 is 2.42 bits per heavy atom. The van der Waals surface area contributed by atoms with Gasteiger partial charge in [0.15, 0.2) is 0 Å². The molecule has 1 aromatic carbocycles. The first-order valence-corrected chi connectivity index (χ1v) is 7.71. The maximum absolute atomic E-state index is 6.25. The van der Waals surface area contributed by atoms with Crippen molar-refractivity contribution in [3.05, 3.63) is 45.8 Å². The number of hydrogen-bond donors (Lipinski definition) is 0. The van der Waals surface area contributed by atoms with E-state index in [1.165, 1.54) is 25.7 Å². The van der Waals surface area contributed by atoms with Crippen LogP contribution in [0.15, 0.2) is 34.8 Å². The van der Waals surface area contributed by atoms with Crippen LogP contribution in [0.25, 0.3) is 11.3 Å². The minimum Gasteiger partial charge on any atom is -0.231 e. The van der Waals surface area contributed by atoms with Gasteiger partial charge < -0.3 is 0 Å². The van der Waals surface area contributed by atoms with Crippen LogP contribution in [0, 0.1) is 0 Å².